The molecule has 192 valence electrons. The zero-order valence-electron chi connectivity index (χ0n) is 22.1. The van der Waals surface area contributed by atoms with Crippen molar-refractivity contribution < 1.29 is 14.3 Å². The van der Waals surface area contributed by atoms with Crippen molar-refractivity contribution in [3.8, 4) is 11.5 Å². The van der Waals surface area contributed by atoms with Gasteiger partial charge in [-0.3, -0.25) is 0 Å². The van der Waals surface area contributed by atoms with Gasteiger partial charge in [0.15, 0.2) is 5.60 Å². The third-order valence-corrected chi connectivity index (χ3v) is 7.40. The molecule has 1 atom stereocenters. The Balaban J connectivity index is 1.59. The highest BCUT2D eigenvalue weighted by Crippen LogP contribution is 2.58. The van der Waals surface area contributed by atoms with Crippen molar-refractivity contribution in [2.75, 3.05) is 23.3 Å². The summed E-state index contributed by atoms with van der Waals surface area (Å²) in [7, 11) is 0. The number of ether oxygens (including phenoxy) is 2. The summed E-state index contributed by atoms with van der Waals surface area (Å²) >= 11 is 0. The topological polar surface area (TPSA) is 50.8 Å². The van der Waals surface area contributed by atoms with Gasteiger partial charge in [-0.25, -0.2) is 4.79 Å². The number of hydrogen-bond donors (Lipinski definition) is 1. The average molecular weight is 505 g/mol. The summed E-state index contributed by atoms with van der Waals surface area (Å²) in [5, 5.41) is 3.58. The predicted molar refractivity (Wildman–Crippen MR) is 152 cm³/mol. The zero-order valence-corrected chi connectivity index (χ0v) is 22.1. The molecule has 0 saturated carbocycles. The number of fused-ring (bicyclic) bond motifs is 6. The van der Waals surface area contributed by atoms with Gasteiger partial charge in [-0.1, -0.05) is 55.8 Å². The van der Waals surface area contributed by atoms with E-state index in [2.05, 4.69) is 67.4 Å². The Morgan fingerprint density at radius 3 is 2.34 bits per heavy atom. The van der Waals surface area contributed by atoms with Crippen LogP contribution in [0.4, 0.5) is 17.1 Å². The van der Waals surface area contributed by atoms with Crippen LogP contribution in [0.2, 0.25) is 0 Å². The van der Waals surface area contributed by atoms with E-state index >= 15 is 0 Å². The van der Waals surface area contributed by atoms with E-state index in [0.717, 1.165) is 59.7 Å². The molecule has 0 bridgehead atoms. The summed E-state index contributed by atoms with van der Waals surface area (Å²) in [4.78, 5) is 15.8. The zero-order chi connectivity index (χ0) is 26.3. The molecule has 1 N–H and O–H groups in total. The van der Waals surface area contributed by atoms with Gasteiger partial charge in [0.25, 0.3) is 0 Å². The first-order valence-corrected chi connectivity index (χ1v) is 13.4. The van der Waals surface area contributed by atoms with Gasteiger partial charge in [-0.05, 0) is 68.3 Å². The number of hydrogen-bond acceptors (Lipinski definition) is 5. The standard InChI is InChI=1S/C33H32N2O3/c1-4-19-35(20-5-2)24-17-18-29-27(21-24)33(26-10-7-6-9-25(26)32(36)38-33)31-28(11-8-12-30(31)37-29)34-23-15-13-22(3)14-16-23/h6-18,21,34H,4-5,19-20H2,1-3H3. The Bertz CT molecular complexity index is 1510. The normalized spacial score (nSPS) is 16.8. The maximum absolute atomic E-state index is 13.4. The number of nitrogens with one attached hydrogen (secondary N) is 1. The largest absolute Gasteiger partial charge is 0.456 e. The molecule has 0 aliphatic carbocycles. The van der Waals surface area contributed by atoms with Crippen LogP contribution in [0.25, 0.3) is 0 Å². The molecule has 6 rings (SSSR count). The average Bonchev–Trinajstić information content (AvgIpc) is 3.22. The van der Waals surface area contributed by atoms with Crippen LogP contribution in [0, 0.1) is 6.92 Å². The highest BCUT2D eigenvalue weighted by molar-refractivity contribution is 5.97. The lowest BCUT2D eigenvalue weighted by atomic mass is 9.76. The van der Waals surface area contributed by atoms with Gasteiger partial charge in [0, 0.05) is 35.6 Å². The molecule has 2 heterocycles. The first-order valence-electron chi connectivity index (χ1n) is 13.4. The van der Waals surface area contributed by atoms with E-state index in [4.69, 9.17) is 9.47 Å². The van der Waals surface area contributed by atoms with E-state index in [0.29, 0.717) is 17.1 Å². The SMILES string of the molecule is CCCN(CCC)c1ccc2c(c1)C1(OC(=O)c3ccccc31)c1c(Nc3ccc(C)cc3)cccc1O2. The molecule has 5 nitrogen and oxygen atoms in total. The molecule has 0 amide bonds. The molecule has 1 unspecified atom stereocenters. The molecule has 2 aliphatic rings. The van der Waals surface area contributed by atoms with E-state index in [1.165, 1.54) is 5.56 Å². The van der Waals surface area contributed by atoms with E-state index in [9.17, 15) is 4.79 Å². The minimum absolute atomic E-state index is 0.325. The van der Waals surface area contributed by atoms with E-state index < -0.39 is 5.60 Å². The second-order valence-electron chi connectivity index (χ2n) is 10.1. The van der Waals surface area contributed by atoms with Gasteiger partial charge in [-0.15, -0.1) is 0 Å². The lowest BCUT2D eigenvalue weighted by molar-refractivity contribution is 0.0227. The molecule has 4 aromatic carbocycles. The van der Waals surface area contributed by atoms with Gasteiger partial charge < -0.3 is 19.7 Å². The predicted octanol–water partition coefficient (Wildman–Crippen LogP) is 7.93. The maximum Gasteiger partial charge on any atom is 0.340 e. The minimum Gasteiger partial charge on any atom is -0.456 e. The lowest BCUT2D eigenvalue weighted by Crippen LogP contribution is -2.34. The number of anilines is 3. The first kappa shape index (κ1) is 24.1. The molecule has 2 aliphatic heterocycles. The first-order chi connectivity index (χ1) is 18.5. The monoisotopic (exact) mass is 504 g/mol. The van der Waals surface area contributed by atoms with Crippen molar-refractivity contribution in [2.45, 2.75) is 39.2 Å². The Morgan fingerprint density at radius 1 is 0.816 bits per heavy atom. The van der Waals surface area contributed by atoms with Crippen LogP contribution < -0.4 is 15.0 Å². The minimum atomic E-state index is -1.13. The highest BCUT2D eigenvalue weighted by Gasteiger charge is 2.54. The smallest absolute Gasteiger partial charge is 0.340 e. The number of nitrogens with zero attached hydrogens (tertiary/aromatic N) is 1. The van der Waals surface area contributed by atoms with Crippen molar-refractivity contribution in [3.05, 3.63) is 113 Å². The van der Waals surface area contributed by atoms with Crippen molar-refractivity contribution >= 4 is 23.0 Å². The molecule has 4 aromatic rings. The summed E-state index contributed by atoms with van der Waals surface area (Å²) in [6.45, 7) is 8.36. The Morgan fingerprint density at radius 2 is 1.58 bits per heavy atom. The summed E-state index contributed by atoms with van der Waals surface area (Å²) in [5.41, 5.74) is 6.02. The number of benzene rings is 4. The molecular weight excluding hydrogens is 472 g/mol. The lowest BCUT2D eigenvalue weighted by Gasteiger charge is -2.38. The third-order valence-electron chi connectivity index (χ3n) is 7.40. The quantitative estimate of drug-likeness (QED) is 0.259. The van der Waals surface area contributed by atoms with Gasteiger partial charge in [0.2, 0.25) is 0 Å². The molecule has 1 spiro atoms. The van der Waals surface area contributed by atoms with Crippen LogP contribution in [0.5, 0.6) is 11.5 Å². The summed E-state index contributed by atoms with van der Waals surface area (Å²) in [5.74, 6) is 1.05. The molecular formula is C33H32N2O3. The number of rotatable bonds is 7. The maximum atomic E-state index is 13.4. The highest BCUT2D eigenvalue weighted by atomic mass is 16.6. The van der Waals surface area contributed by atoms with Crippen molar-refractivity contribution in [2.24, 2.45) is 0 Å². The van der Waals surface area contributed by atoms with E-state index in [-0.39, 0.29) is 5.97 Å². The third kappa shape index (κ3) is 3.81. The molecule has 0 saturated heterocycles. The van der Waals surface area contributed by atoms with Gasteiger partial charge >= 0.3 is 5.97 Å². The fraction of sp³-hybridized carbons (Fsp3) is 0.242. The molecule has 0 radical (unpaired) electrons. The van der Waals surface area contributed by atoms with Crippen LogP contribution in [-0.4, -0.2) is 19.1 Å². The fourth-order valence-corrected chi connectivity index (χ4v) is 5.72. The fourth-order valence-electron chi connectivity index (χ4n) is 5.72. The van der Waals surface area contributed by atoms with Gasteiger partial charge in [0.1, 0.15) is 11.5 Å². The Labute approximate surface area is 224 Å². The van der Waals surface area contributed by atoms with E-state index in [1.54, 1.807) is 0 Å². The van der Waals surface area contributed by atoms with Crippen LogP contribution in [0.3, 0.4) is 0 Å². The summed E-state index contributed by atoms with van der Waals surface area (Å²) in [6, 6.07) is 28.2. The second kappa shape index (κ2) is 9.56. The molecule has 38 heavy (non-hydrogen) atoms. The van der Waals surface area contributed by atoms with E-state index in [1.807, 2.05) is 48.5 Å². The molecule has 0 fully saturated rings. The van der Waals surface area contributed by atoms with Crippen LogP contribution in [0.1, 0.15) is 59.3 Å². The Kier molecular flexibility index (Phi) is 6.07. The number of carbonyl (C=O) groups is 1. The van der Waals surface area contributed by atoms with Crippen molar-refractivity contribution in [1.82, 2.24) is 0 Å². The van der Waals surface area contributed by atoms with Crippen LogP contribution in [-0.2, 0) is 10.3 Å². The van der Waals surface area contributed by atoms with Gasteiger partial charge in [-0.2, -0.15) is 0 Å². The van der Waals surface area contributed by atoms with Gasteiger partial charge in [0.05, 0.1) is 16.8 Å². The Hall–Kier alpha value is -4.25. The molecule has 0 aromatic heterocycles. The number of aryl methyl sites for hydroxylation is 1. The number of carbonyl (C=O) groups excluding carboxylic acids is 1. The summed E-state index contributed by atoms with van der Waals surface area (Å²) < 4.78 is 13.0. The van der Waals surface area contributed by atoms with Crippen molar-refractivity contribution in [3.63, 3.8) is 0 Å². The summed E-state index contributed by atoms with van der Waals surface area (Å²) in [6.07, 6.45) is 2.09. The van der Waals surface area contributed by atoms with Crippen LogP contribution in [0.15, 0.2) is 84.9 Å². The van der Waals surface area contributed by atoms with Crippen LogP contribution >= 0.6 is 0 Å². The number of esters is 1. The molecule has 5 heteroatoms. The van der Waals surface area contributed by atoms with Crippen molar-refractivity contribution in [1.29, 1.82) is 0 Å². The second-order valence-corrected chi connectivity index (χ2v) is 10.1.